The lowest BCUT2D eigenvalue weighted by Gasteiger charge is -2.34. The summed E-state index contributed by atoms with van der Waals surface area (Å²) in [6.45, 7) is 0.845. The zero-order valence-electron chi connectivity index (χ0n) is 25.6. The van der Waals surface area contributed by atoms with Crippen LogP contribution in [-0.2, 0) is 38.8 Å². The molecular formula is C34H31Cl3F3N3O4S. The highest BCUT2D eigenvalue weighted by atomic mass is 35.5. The van der Waals surface area contributed by atoms with Gasteiger partial charge in [-0.05, 0) is 54.4 Å². The zero-order valence-corrected chi connectivity index (χ0v) is 28.6. The van der Waals surface area contributed by atoms with E-state index in [1.807, 2.05) is 6.92 Å². The van der Waals surface area contributed by atoms with Crippen LogP contribution < -0.4 is 9.62 Å². The Hall–Kier alpha value is -3.77. The summed E-state index contributed by atoms with van der Waals surface area (Å²) in [4.78, 5) is 29.1. The number of carbonyl (C=O) groups is 2. The Labute approximate surface area is 292 Å². The molecule has 4 aromatic rings. The van der Waals surface area contributed by atoms with Crippen LogP contribution >= 0.6 is 34.8 Å². The summed E-state index contributed by atoms with van der Waals surface area (Å²) < 4.78 is 70.5. The summed E-state index contributed by atoms with van der Waals surface area (Å²) in [5.74, 6) is -1.43. The number of anilines is 1. The molecule has 0 unspecified atom stereocenters. The van der Waals surface area contributed by atoms with Gasteiger partial charge in [0.25, 0.3) is 10.0 Å². The standard InChI is InChI=1S/C34H31Cl3F3N3O4S/c1-2-18-41-33(45)31(19-23-10-5-3-6-11-23)42(21-26-28(35)14-9-15-29(26)36)32(44)22-43(48(46,47)25-12-7-4-8-13-25)24-16-17-30(37)27(20-24)34(38,39)40/h3-17,20,31H,2,18-19,21-22H2,1H3,(H,41,45)/t31-/m0/s1. The first-order valence-electron chi connectivity index (χ1n) is 14.7. The molecule has 0 saturated heterocycles. The molecule has 4 aromatic carbocycles. The molecule has 0 aromatic heterocycles. The molecule has 0 bridgehead atoms. The quantitative estimate of drug-likeness (QED) is 0.151. The summed E-state index contributed by atoms with van der Waals surface area (Å²) in [5.41, 5.74) is -0.769. The third kappa shape index (κ3) is 9.02. The van der Waals surface area contributed by atoms with Crippen molar-refractivity contribution >= 4 is 62.3 Å². The Morgan fingerprint density at radius 3 is 2.02 bits per heavy atom. The maximum atomic E-state index is 14.5. The summed E-state index contributed by atoms with van der Waals surface area (Å²) in [7, 11) is -4.64. The van der Waals surface area contributed by atoms with Crippen LogP contribution in [0, 0.1) is 0 Å². The van der Waals surface area contributed by atoms with Crippen molar-refractivity contribution in [3.05, 3.63) is 129 Å². The van der Waals surface area contributed by atoms with Gasteiger partial charge in [0, 0.05) is 35.1 Å². The van der Waals surface area contributed by atoms with Gasteiger partial charge in [0.15, 0.2) is 0 Å². The number of sulfonamides is 1. The number of benzene rings is 4. The predicted molar refractivity (Wildman–Crippen MR) is 182 cm³/mol. The third-order valence-corrected chi connectivity index (χ3v) is 10.2. The molecule has 0 aliphatic heterocycles. The van der Waals surface area contributed by atoms with Gasteiger partial charge in [-0.1, -0.05) is 96.3 Å². The summed E-state index contributed by atoms with van der Waals surface area (Å²) in [5, 5.41) is 2.53. The molecule has 14 heteroatoms. The van der Waals surface area contributed by atoms with E-state index in [9.17, 15) is 31.2 Å². The lowest BCUT2D eigenvalue weighted by molar-refractivity contribution is -0.140. The summed E-state index contributed by atoms with van der Waals surface area (Å²) in [6.07, 6.45) is -4.31. The average Bonchev–Trinajstić information content (AvgIpc) is 3.05. The van der Waals surface area contributed by atoms with Crippen molar-refractivity contribution in [3.8, 4) is 0 Å². The van der Waals surface area contributed by atoms with Crippen LogP contribution in [0.4, 0.5) is 18.9 Å². The van der Waals surface area contributed by atoms with E-state index in [4.69, 9.17) is 34.8 Å². The normalized spacial score (nSPS) is 12.3. The molecule has 0 radical (unpaired) electrons. The van der Waals surface area contributed by atoms with Gasteiger partial charge in [0.1, 0.15) is 12.6 Å². The molecule has 0 fully saturated rings. The van der Waals surface area contributed by atoms with Crippen molar-refractivity contribution in [2.45, 2.75) is 43.4 Å². The number of rotatable bonds is 13. The van der Waals surface area contributed by atoms with Crippen LogP contribution in [-0.4, -0.2) is 44.3 Å². The van der Waals surface area contributed by atoms with E-state index in [0.29, 0.717) is 34.5 Å². The fraction of sp³-hybridized carbons (Fsp3) is 0.235. The van der Waals surface area contributed by atoms with Gasteiger partial charge >= 0.3 is 6.18 Å². The maximum Gasteiger partial charge on any atom is 0.417 e. The van der Waals surface area contributed by atoms with Crippen molar-refractivity contribution in [1.82, 2.24) is 10.2 Å². The molecule has 1 N–H and O–H groups in total. The van der Waals surface area contributed by atoms with E-state index in [1.165, 1.54) is 24.3 Å². The van der Waals surface area contributed by atoms with Gasteiger partial charge < -0.3 is 10.2 Å². The fourth-order valence-electron chi connectivity index (χ4n) is 4.91. The minimum atomic E-state index is -4.93. The van der Waals surface area contributed by atoms with Crippen molar-refractivity contribution in [2.75, 3.05) is 17.4 Å². The van der Waals surface area contributed by atoms with Crippen LogP contribution in [0.5, 0.6) is 0 Å². The Bertz CT molecular complexity index is 1830. The van der Waals surface area contributed by atoms with Crippen LogP contribution in [0.3, 0.4) is 0 Å². The Morgan fingerprint density at radius 1 is 0.833 bits per heavy atom. The molecule has 7 nitrogen and oxygen atoms in total. The van der Waals surface area contributed by atoms with Gasteiger partial charge in [-0.2, -0.15) is 13.2 Å². The molecule has 254 valence electrons. The van der Waals surface area contributed by atoms with Crippen molar-refractivity contribution in [3.63, 3.8) is 0 Å². The van der Waals surface area contributed by atoms with Gasteiger partial charge in [-0.15, -0.1) is 0 Å². The van der Waals surface area contributed by atoms with Gasteiger partial charge in [-0.25, -0.2) is 8.42 Å². The minimum absolute atomic E-state index is 0.0226. The van der Waals surface area contributed by atoms with Crippen molar-refractivity contribution in [2.24, 2.45) is 0 Å². The average molecular weight is 741 g/mol. The SMILES string of the molecule is CCCNC(=O)[C@H](Cc1ccccc1)N(Cc1c(Cl)cccc1Cl)C(=O)CN(c1ccc(Cl)c(C(F)(F)F)c1)S(=O)(=O)c1ccccc1. The Balaban J connectivity index is 1.88. The first-order valence-corrected chi connectivity index (χ1v) is 17.3. The second kappa shape index (κ2) is 16.1. The molecule has 0 heterocycles. The third-order valence-electron chi connectivity index (χ3n) is 7.36. The second-order valence-corrected chi connectivity index (χ2v) is 13.8. The van der Waals surface area contributed by atoms with E-state index in [0.717, 1.165) is 17.0 Å². The first kappa shape index (κ1) is 37.1. The summed E-state index contributed by atoms with van der Waals surface area (Å²) >= 11 is 18.8. The number of hydrogen-bond donors (Lipinski definition) is 1. The second-order valence-electron chi connectivity index (χ2n) is 10.7. The number of hydrogen-bond acceptors (Lipinski definition) is 4. The first-order chi connectivity index (χ1) is 22.7. The highest BCUT2D eigenvalue weighted by Gasteiger charge is 2.38. The zero-order chi connectivity index (χ0) is 35.1. The molecule has 48 heavy (non-hydrogen) atoms. The van der Waals surface area contributed by atoms with Crippen LogP contribution in [0.25, 0.3) is 0 Å². The number of halogens is 6. The molecule has 1 atom stereocenters. The smallest absolute Gasteiger partial charge is 0.354 e. The Kier molecular flexibility index (Phi) is 12.4. The highest BCUT2D eigenvalue weighted by Crippen LogP contribution is 2.38. The Morgan fingerprint density at radius 2 is 1.44 bits per heavy atom. The number of nitrogens with zero attached hydrogens (tertiary/aromatic N) is 2. The number of nitrogens with one attached hydrogen (secondary N) is 1. The van der Waals surface area contributed by atoms with Crippen LogP contribution in [0.2, 0.25) is 15.1 Å². The lowest BCUT2D eigenvalue weighted by atomic mass is 10.0. The van der Waals surface area contributed by atoms with E-state index in [2.05, 4.69) is 5.32 Å². The molecule has 2 amide bonds. The topological polar surface area (TPSA) is 86.8 Å². The maximum absolute atomic E-state index is 14.5. The van der Waals surface area contributed by atoms with Crippen molar-refractivity contribution < 1.29 is 31.2 Å². The van der Waals surface area contributed by atoms with Crippen LogP contribution in [0.15, 0.2) is 102 Å². The van der Waals surface area contributed by atoms with Crippen molar-refractivity contribution in [1.29, 1.82) is 0 Å². The lowest BCUT2D eigenvalue weighted by Crippen LogP contribution is -2.53. The van der Waals surface area contributed by atoms with E-state index >= 15 is 0 Å². The van der Waals surface area contributed by atoms with Gasteiger partial charge in [0.2, 0.25) is 11.8 Å². The number of amides is 2. The number of alkyl halides is 3. The highest BCUT2D eigenvalue weighted by molar-refractivity contribution is 7.92. The molecule has 0 saturated carbocycles. The molecule has 0 spiro atoms. The molecule has 0 aliphatic rings. The molecule has 4 rings (SSSR count). The number of carbonyl (C=O) groups excluding carboxylic acids is 2. The van der Waals surface area contributed by atoms with Gasteiger partial charge in [0.05, 0.1) is 21.2 Å². The monoisotopic (exact) mass is 739 g/mol. The van der Waals surface area contributed by atoms with Crippen LogP contribution in [0.1, 0.15) is 30.0 Å². The molecule has 0 aliphatic carbocycles. The molecular weight excluding hydrogens is 710 g/mol. The predicted octanol–water partition coefficient (Wildman–Crippen LogP) is 8.03. The fourth-order valence-corrected chi connectivity index (χ4v) is 7.08. The minimum Gasteiger partial charge on any atom is -0.354 e. The summed E-state index contributed by atoms with van der Waals surface area (Å²) in [6, 6.07) is 21.9. The van der Waals surface area contributed by atoms with E-state index in [-0.39, 0.29) is 27.9 Å². The van der Waals surface area contributed by atoms with Gasteiger partial charge in [-0.3, -0.25) is 13.9 Å². The van der Waals surface area contributed by atoms with E-state index in [1.54, 1.807) is 54.6 Å². The van der Waals surface area contributed by atoms with E-state index < -0.39 is 56.9 Å². The largest absolute Gasteiger partial charge is 0.417 e.